The second-order valence-electron chi connectivity index (χ2n) is 4.89. The average molecular weight is 313 g/mol. The van der Waals surface area contributed by atoms with Crippen LogP contribution in [-0.4, -0.2) is 27.0 Å². The van der Waals surface area contributed by atoms with Crippen LogP contribution in [0, 0.1) is 5.82 Å². The lowest BCUT2D eigenvalue weighted by molar-refractivity contribution is 0.0689. The van der Waals surface area contributed by atoms with Crippen molar-refractivity contribution in [1.29, 1.82) is 0 Å². The number of carbonyl (C=O) groups is 2. The highest BCUT2D eigenvalue weighted by atomic mass is 19.1. The van der Waals surface area contributed by atoms with Crippen LogP contribution < -0.4 is 5.32 Å². The van der Waals surface area contributed by atoms with E-state index in [1.165, 1.54) is 30.6 Å². The Morgan fingerprint density at radius 3 is 2.65 bits per heavy atom. The average Bonchev–Trinajstić information content (AvgIpc) is 2.91. The van der Waals surface area contributed by atoms with Gasteiger partial charge in [-0.25, -0.2) is 9.18 Å². The van der Waals surface area contributed by atoms with E-state index in [2.05, 4.69) is 15.3 Å². The van der Waals surface area contributed by atoms with Crippen LogP contribution in [0.2, 0.25) is 0 Å². The zero-order chi connectivity index (χ0) is 16.4. The van der Waals surface area contributed by atoms with E-state index >= 15 is 0 Å². The Labute approximate surface area is 130 Å². The van der Waals surface area contributed by atoms with Crippen molar-refractivity contribution >= 4 is 22.8 Å². The number of carboxylic acids is 1. The third-order valence-electron chi connectivity index (χ3n) is 3.45. The molecule has 0 spiro atoms. The van der Waals surface area contributed by atoms with Gasteiger partial charge in [-0.3, -0.25) is 9.78 Å². The standard InChI is InChI=1S/C16H12FN3O3/c17-10-1-2-13-11(7-10)12(14(20-13)16(22)23)8-19-15(21)9-3-5-18-6-4-9/h1-7,20H,8H2,(H,19,21)(H,22,23). The molecule has 3 rings (SSSR count). The van der Waals surface area contributed by atoms with E-state index in [1.807, 2.05) is 0 Å². The lowest BCUT2D eigenvalue weighted by Crippen LogP contribution is -2.23. The number of rotatable bonds is 4. The predicted octanol–water partition coefficient (Wildman–Crippen LogP) is 2.33. The number of aromatic carboxylic acids is 1. The lowest BCUT2D eigenvalue weighted by Gasteiger charge is -2.06. The fraction of sp³-hybridized carbons (Fsp3) is 0.0625. The number of nitrogens with one attached hydrogen (secondary N) is 2. The molecular weight excluding hydrogens is 301 g/mol. The summed E-state index contributed by atoms with van der Waals surface area (Å²) < 4.78 is 13.4. The van der Waals surface area contributed by atoms with Crippen LogP contribution in [0.15, 0.2) is 42.7 Å². The molecule has 0 saturated heterocycles. The molecule has 116 valence electrons. The number of pyridine rings is 1. The molecule has 3 N–H and O–H groups in total. The smallest absolute Gasteiger partial charge is 0.352 e. The van der Waals surface area contributed by atoms with Gasteiger partial charge in [-0.05, 0) is 30.3 Å². The van der Waals surface area contributed by atoms with Crippen LogP contribution in [-0.2, 0) is 6.54 Å². The minimum absolute atomic E-state index is 0.0355. The normalized spacial score (nSPS) is 10.7. The molecule has 2 aromatic heterocycles. The Balaban J connectivity index is 1.92. The molecule has 0 bridgehead atoms. The van der Waals surface area contributed by atoms with E-state index in [1.54, 1.807) is 12.1 Å². The zero-order valence-corrected chi connectivity index (χ0v) is 11.8. The number of aromatic amines is 1. The number of carbonyl (C=O) groups excluding carboxylic acids is 1. The van der Waals surface area contributed by atoms with Crippen molar-refractivity contribution in [3.05, 3.63) is 65.4 Å². The van der Waals surface area contributed by atoms with Crippen LogP contribution in [0.1, 0.15) is 26.4 Å². The lowest BCUT2D eigenvalue weighted by atomic mass is 10.1. The van der Waals surface area contributed by atoms with E-state index in [0.717, 1.165) is 0 Å². The van der Waals surface area contributed by atoms with Gasteiger partial charge in [0, 0.05) is 41.0 Å². The number of fused-ring (bicyclic) bond motifs is 1. The van der Waals surface area contributed by atoms with Crippen LogP contribution in [0.3, 0.4) is 0 Å². The van der Waals surface area contributed by atoms with E-state index in [9.17, 15) is 19.1 Å². The molecule has 0 atom stereocenters. The monoisotopic (exact) mass is 313 g/mol. The summed E-state index contributed by atoms with van der Waals surface area (Å²) in [5.41, 5.74) is 1.16. The molecule has 3 aromatic rings. The van der Waals surface area contributed by atoms with E-state index in [4.69, 9.17) is 0 Å². The maximum atomic E-state index is 13.4. The number of aromatic nitrogens is 2. The maximum absolute atomic E-state index is 13.4. The van der Waals surface area contributed by atoms with Crippen molar-refractivity contribution in [1.82, 2.24) is 15.3 Å². The second-order valence-corrected chi connectivity index (χ2v) is 4.89. The summed E-state index contributed by atoms with van der Waals surface area (Å²) in [6, 6.07) is 7.03. The first-order valence-electron chi connectivity index (χ1n) is 6.78. The topological polar surface area (TPSA) is 95.1 Å². The summed E-state index contributed by atoms with van der Waals surface area (Å²) in [5, 5.41) is 12.3. The van der Waals surface area contributed by atoms with Crippen LogP contribution in [0.25, 0.3) is 10.9 Å². The minimum atomic E-state index is -1.17. The fourth-order valence-corrected chi connectivity index (χ4v) is 2.36. The summed E-state index contributed by atoms with van der Waals surface area (Å²) in [7, 11) is 0. The number of halogens is 1. The number of benzene rings is 1. The van der Waals surface area contributed by atoms with Gasteiger partial charge in [-0.2, -0.15) is 0 Å². The quantitative estimate of drug-likeness (QED) is 0.689. The van der Waals surface area contributed by atoms with Crippen LogP contribution in [0.5, 0.6) is 0 Å². The molecular formula is C16H12FN3O3. The molecule has 0 aliphatic rings. The van der Waals surface area contributed by atoms with Gasteiger partial charge in [0.2, 0.25) is 0 Å². The number of hydrogen-bond donors (Lipinski definition) is 3. The third kappa shape index (κ3) is 2.89. The summed E-state index contributed by atoms with van der Waals surface area (Å²) >= 11 is 0. The van der Waals surface area contributed by atoms with Gasteiger partial charge in [-0.1, -0.05) is 0 Å². The number of H-pyrrole nitrogens is 1. The molecule has 0 saturated carbocycles. The molecule has 2 heterocycles. The Kier molecular flexibility index (Phi) is 3.76. The largest absolute Gasteiger partial charge is 0.477 e. The van der Waals surface area contributed by atoms with Gasteiger partial charge in [0.05, 0.1) is 0 Å². The van der Waals surface area contributed by atoms with Crippen molar-refractivity contribution in [2.75, 3.05) is 0 Å². The molecule has 6 nitrogen and oxygen atoms in total. The first-order valence-corrected chi connectivity index (χ1v) is 6.78. The van der Waals surface area contributed by atoms with E-state index in [-0.39, 0.29) is 18.1 Å². The molecule has 0 radical (unpaired) electrons. The van der Waals surface area contributed by atoms with E-state index in [0.29, 0.717) is 22.0 Å². The highest BCUT2D eigenvalue weighted by Gasteiger charge is 2.18. The summed E-state index contributed by atoms with van der Waals surface area (Å²) in [6.45, 7) is -0.0355. The van der Waals surface area contributed by atoms with Gasteiger partial charge in [0.15, 0.2) is 0 Å². The van der Waals surface area contributed by atoms with Crippen molar-refractivity contribution < 1.29 is 19.1 Å². The molecule has 23 heavy (non-hydrogen) atoms. The first kappa shape index (κ1) is 14.7. The van der Waals surface area contributed by atoms with Crippen molar-refractivity contribution in [3.8, 4) is 0 Å². The van der Waals surface area contributed by atoms with Crippen molar-refractivity contribution in [2.45, 2.75) is 6.54 Å². The number of carboxylic acid groups (broad SMARTS) is 1. The molecule has 0 fully saturated rings. The molecule has 0 aliphatic carbocycles. The van der Waals surface area contributed by atoms with Crippen LogP contribution >= 0.6 is 0 Å². The van der Waals surface area contributed by atoms with Crippen molar-refractivity contribution in [3.63, 3.8) is 0 Å². The van der Waals surface area contributed by atoms with Gasteiger partial charge in [0.1, 0.15) is 11.5 Å². The minimum Gasteiger partial charge on any atom is -0.477 e. The molecule has 0 unspecified atom stereocenters. The maximum Gasteiger partial charge on any atom is 0.352 e. The molecule has 1 aromatic carbocycles. The second kappa shape index (κ2) is 5.88. The highest BCUT2D eigenvalue weighted by molar-refractivity contribution is 5.98. The Morgan fingerprint density at radius 2 is 1.96 bits per heavy atom. The predicted molar refractivity (Wildman–Crippen MR) is 80.6 cm³/mol. The Hall–Kier alpha value is -3.22. The van der Waals surface area contributed by atoms with Crippen molar-refractivity contribution in [2.24, 2.45) is 0 Å². The summed E-state index contributed by atoms with van der Waals surface area (Å²) in [5.74, 6) is -2.01. The molecule has 7 heteroatoms. The Morgan fingerprint density at radius 1 is 1.22 bits per heavy atom. The highest BCUT2D eigenvalue weighted by Crippen LogP contribution is 2.23. The molecule has 1 amide bonds. The summed E-state index contributed by atoms with van der Waals surface area (Å²) in [4.78, 5) is 29.9. The number of amides is 1. The fourth-order valence-electron chi connectivity index (χ4n) is 2.36. The Bertz CT molecular complexity index is 890. The van der Waals surface area contributed by atoms with Gasteiger partial charge in [-0.15, -0.1) is 0 Å². The summed E-state index contributed by atoms with van der Waals surface area (Å²) in [6.07, 6.45) is 2.97. The zero-order valence-electron chi connectivity index (χ0n) is 11.8. The first-order chi connectivity index (χ1) is 11.1. The SMILES string of the molecule is O=C(NCc1c(C(=O)O)[nH]c2ccc(F)cc12)c1ccncc1. The van der Waals surface area contributed by atoms with E-state index < -0.39 is 11.8 Å². The van der Waals surface area contributed by atoms with Gasteiger partial charge >= 0.3 is 5.97 Å². The van der Waals surface area contributed by atoms with Gasteiger partial charge < -0.3 is 15.4 Å². The molecule has 0 aliphatic heterocycles. The number of nitrogens with zero attached hydrogens (tertiary/aromatic N) is 1. The van der Waals surface area contributed by atoms with Crippen LogP contribution in [0.4, 0.5) is 4.39 Å². The third-order valence-corrected chi connectivity index (χ3v) is 3.45. The van der Waals surface area contributed by atoms with Gasteiger partial charge in [0.25, 0.3) is 5.91 Å². The number of hydrogen-bond acceptors (Lipinski definition) is 3.